The van der Waals surface area contributed by atoms with Gasteiger partial charge in [0, 0.05) is 11.8 Å². The minimum Gasteiger partial charge on any atom is -0.479 e. The lowest BCUT2D eigenvalue weighted by Crippen LogP contribution is -2.22. The molecule has 0 unspecified atom stereocenters. The zero-order chi connectivity index (χ0) is 23.3. The highest BCUT2D eigenvalue weighted by atomic mass is 19.4. The van der Waals surface area contributed by atoms with Gasteiger partial charge >= 0.3 is 12.1 Å². The number of carboxylic acids is 1. The summed E-state index contributed by atoms with van der Waals surface area (Å²) in [7, 11) is 0. The van der Waals surface area contributed by atoms with Gasteiger partial charge in [0.05, 0.1) is 12.1 Å². The Bertz CT molecular complexity index is 1130. The van der Waals surface area contributed by atoms with Crippen LogP contribution in [0, 0.1) is 0 Å². The number of ether oxygens (including phenoxy) is 1. The second-order valence-corrected chi connectivity index (χ2v) is 6.88. The lowest BCUT2D eigenvalue weighted by atomic mass is 10.1. The maximum atomic E-state index is 12.7. The van der Waals surface area contributed by atoms with Crippen molar-refractivity contribution in [2.24, 2.45) is 0 Å². The van der Waals surface area contributed by atoms with Crippen LogP contribution in [0.3, 0.4) is 0 Å². The zero-order valence-corrected chi connectivity index (χ0v) is 16.9. The molecule has 0 aliphatic rings. The largest absolute Gasteiger partial charge is 0.479 e. The third-order valence-electron chi connectivity index (χ3n) is 4.53. The number of carbonyl (C=O) groups is 2. The van der Waals surface area contributed by atoms with Crippen LogP contribution in [0.5, 0.6) is 5.75 Å². The van der Waals surface area contributed by atoms with E-state index in [1.807, 2.05) is 0 Å². The Morgan fingerprint density at radius 2 is 1.88 bits per heavy atom. The van der Waals surface area contributed by atoms with Crippen molar-refractivity contribution >= 4 is 17.8 Å². The quantitative estimate of drug-likeness (QED) is 0.510. The highest BCUT2D eigenvalue weighted by Gasteiger charge is 2.30. The summed E-state index contributed by atoms with van der Waals surface area (Å²) < 4.78 is 44.9. The maximum Gasteiger partial charge on any atom is 0.416 e. The Balaban J connectivity index is 1.69. The molecule has 166 valence electrons. The van der Waals surface area contributed by atoms with Gasteiger partial charge in [-0.3, -0.25) is 9.48 Å². The number of carboxylic acid groups (broad SMARTS) is 1. The van der Waals surface area contributed by atoms with Gasteiger partial charge < -0.3 is 9.84 Å². The molecule has 3 aromatic rings. The molecule has 0 saturated heterocycles. The highest BCUT2D eigenvalue weighted by Crippen LogP contribution is 2.29. The van der Waals surface area contributed by atoms with E-state index >= 15 is 0 Å². The number of aromatic nitrogens is 2. The molecular weight excluding hydrogens is 425 g/mol. The molecule has 2 aromatic carbocycles. The Morgan fingerprint density at radius 3 is 2.53 bits per heavy atom. The van der Waals surface area contributed by atoms with E-state index in [1.165, 1.54) is 23.9 Å². The molecule has 0 saturated carbocycles. The first-order valence-corrected chi connectivity index (χ1v) is 9.55. The van der Waals surface area contributed by atoms with Crippen molar-refractivity contribution < 1.29 is 32.6 Å². The van der Waals surface area contributed by atoms with Crippen molar-refractivity contribution in [1.29, 1.82) is 0 Å². The van der Waals surface area contributed by atoms with Crippen LogP contribution < -0.4 is 4.74 Å². The van der Waals surface area contributed by atoms with E-state index < -0.39 is 29.6 Å². The van der Waals surface area contributed by atoms with Crippen molar-refractivity contribution in [2.45, 2.75) is 25.7 Å². The Labute approximate surface area is 181 Å². The molecular formula is C23H19F3N2O4. The van der Waals surface area contributed by atoms with Gasteiger partial charge in [-0.2, -0.15) is 18.3 Å². The average molecular weight is 444 g/mol. The summed E-state index contributed by atoms with van der Waals surface area (Å²) in [6, 6.07) is 12.4. The van der Waals surface area contributed by atoms with E-state index in [4.69, 9.17) is 9.84 Å². The average Bonchev–Trinajstić information content (AvgIpc) is 3.21. The molecule has 1 heterocycles. The molecule has 0 fully saturated rings. The van der Waals surface area contributed by atoms with Gasteiger partial charge in [-0.25, -0.2) is 4.79 Å². The van der Waals surface area contributed by atoms with Crippen LogP contribution in [-0.4, -0.2) is 32.7 Å². The molecule has 3 rings (SSSR count). The SMILES string of the molecule is C[C@H](Oc1cccc(/C=C/Cn2nccc2C(=O)c2ccc(C(F)(F)F)cc2)c1)C(=O)O. The summed E-state index contributed by atoms with van der Waals surface area (Å²) in [4.78, 5) is 23.6. The van der Waals surface area contributed by atoms with Crippen molar-refractivity contribution in [1.82, 2.24) is 9.78 Å². The van der Waals surface area contributed by atoms with E-state index in [2.05, 4.69) is 5.10 Å². The third-order valence-corrected chi connectivity index (χ3v) is 4.53. The molecule has 6 nitrogen and oxygen atoms in total. The minimum atomic E-state index is -4.47. The number of nitrogens with zero attached hydrogens (tertiary/aromatic N) is 2. The van der Waals surface area contributed by atoms with Gasteiger partial charge in [-0.05, 0) is 42.8 Å². The smallest absolute Gasteiger partial charge is 0.416 e. The van der Waals surface area contributed by atoms with E-state index in [1.54, 1.807) is 36.4 Å². The van der Waals surface area contributed by atoms with Gasteiger partial charge in [0.25, 0.3) is 0 Å². The van der Waals surface area contributed by atoms with E-state index in [9.17, 15) is 22.8 Å². The number of ketones is 1. The van der Waals surface area contributed by atoms with Crippen LogP contribution >= 0.6 is 0 Å². The van der Waals surface area contributed by atoms with Crippen molar-refractivity contribution in [2.75, 3.05) is 0 Å². The standard InChI is InChI=1S/C23H19F3N2O4/c1-15(22(30)31)32-19-6-2-4-16(14-19)5-3-13-28-20(11-12-27-28)21(29)17-7-9-18(10-8-17)23(24,25)26/h2-12,14-15H,13H2,1H3,(H,30,31)/b5-3+/t15-/m0/s1. The normalized spacial score (nSPS) is 12.6. The zero-order valence-electron chi connectivity index (χ0n) is 16.9. The number of hydrogen-bond acceptors (Lipinski definition) is 4. The molecule has 0 aliphatic heterocycles. The molecule has 0 aliphatic carbocycles. The number of allylic oxidation sites excluding steroid dienone is 1. The van der Waals surface area contributed by atoms with E-state index in [0.29, 0.717) is 5.75 Å². The molecule has 0 spiro atoms. The number of hydrogen-bond donors (Lipinski definition) is 1. The van der Waals surface area contributed by atoms with Crippen LogP contribution in [-0.2, 0) is 17.5 Å². The Hall–Kier alpha value is -3.88. The first-order valence-electron chi connectivity index (χ1n) is 9.55. The predicted octanol–water partition coefficient (Wildman–Crippen LogP) is 4.70. The Morgan fingerprint density at radius 1 is 1.16 bits per heavy atom. The summed E-state index contributed by atoms with van der Waals surface area (Å²) in [5.74, 6) is -1.11. The van der Waals surface area contributed by atoms with Crippen LogP contribution in [0.1, 0.15) is 34.1 Å². The van der Waals surface area contributed by atoms with Crippen molar-refractivity contribution in [3.63, 3.8) is 0 Å². The molecule has 0 bridgehead atoms. The van der Waals surface area contributed by atoms with Crippen molar-refractivity contribution in [3.05, 3.63) is 89.3 Å². The van der Waals surface area contributed by atoms with Gasteiger partial charge in [0.15, 0.2) is 6.10 Å². The first kappa shape index (κ1) is 22.8. The molecule has 1 atom stereocenters. The summed E-state index contributed by atoms with van der Waals surface area (Å²) in [5, 5.41) is 13.0. The maximum absolute atomic E-state index is 12.7. The number of rotatable bonds is 8. The fourth-order valence-electron chi connectivity index (χ4n) is 2.86. The number of alkyl halides is 3. The number of carbonyl (C=O) groups excluding carboxylic acids is 1. The van der Waals surface area contributed by atoms with Crippen LogP contribution in [0.4, 0.5) is 13.2 Å². The number of benzene rings is 2. The van der Waals surface area contributed by atoms with Gasteiger partial charge in [0.2, 0.25) is 5.78 Å². The molecule has 0 amide bonds. The lowest BCUT2D eigenvalue weighted by molar-refractivity contribution is -0.144. The number of halogens is 3. The molecule has 1 N–H and O–H groups in total. The van der Waals surface area contributed by atoms with Gasteiger partial charge in [-0.15, -0.1) is 0 Å². The Kier molecular flexibility index (Phi) is 6.77. The molecule has 32 heavy (non-hydrogen) atoms. The van der Waals surface area contributed by atoms with Gasteiger partial charge in [0.1, 0.15) is 11.4 Å². The summed E-state index contributed by atoms with van der Waals surface area (Å²) in [5.41, 5.74) is 0.292. The summed E-state index contributed by atoms with van der Waals surface area (Å²) in [6.07, 6.45) is -0.519. The van der Waals surface area contributed by atoms with Gasteiger partial charge in [-0.1, -0.05) is 36.4 Å². The van der Waals surface area contributed by atoms with Crippen molar-refractivity contribution in [3.8, 4) is 5.75 Å². The fourth-order valence-corrected chi connectivity index (χ4v) is 2.86. The second-order valence-electron chi connectivity index (χ2n) is 6.88. The number of aliphatic carboxylic acids is 1. The fraction of sp³-hybridized carbons (Fsp3) is 0.174. The first-order chi connectivity index (χ1) is 15.1. The summed E-state index contributed by atoms with van der Waals surface area (Å²) >= 11 is 0. The minimum absolute atomic E-state index is 0.126. The van der Waals surface area contributed by atoms with Crippen LogP contribution in [0.2, 0.25) is 0 Å². The molecule has 0 radical (unpaired) electrons. The van der Waals surface area contributed by atoms with E-state index in [0.717, 1.165) is 29.8 Å². The monoisotopic (exact) mass is 444 g/mol. The topological polar surface area (TPSA) is 81.4 Å². The molecule has 1 aromatic heterocycles. The third kappa shape index (κ3) is 5.63. The highest BCUT2D eigenvalue weighted by molar-refractivity contribution is 6.07. The van der Waals surface area contributed by atoms with E-state index in [-0.39, 0.29) is 17.8 Å². The summed E-state index contributed by atoms with van der Waals surface area (Å²) in [6.45, 7) is 1.67. The lowest BCUT2D eigenvalue weighted by Gasteiger charge is -2.10. The van der Waals surface area contributed by atoms with Crippen LogP contribution in [0.15, 0.2) is 66.9 Å². The molecule has 9 heteroatoms. The van der Waals surface area contributed by atoms with Crippen LogP contribution in [0.25, 0.3) is 6.08 Å². The second kappa shape index (κ2) is 9.51. The predicted molar refractivity (Wildman–Crippen MR) is 110 cm³/mol.